The molecule has 1 amide bonds. The zero-order chi connectivity index (χ0) is 30.3. The first-order valence-corrected chi connectivity index (χ1v) is 15.7. The van der Waals surface area contributed by atoms with Crippen molar-refractivity contribution >= 4 is 37.5 Å². The Balaban J connectivity index is 1.44. The van der Waals surface area contributed by atoms with Crippen molar-refractivity contribution in [2.75, 3.05) is 33.4 Å². The second kappa shape index (κ2) is 13.6. The van der Waals surface area contributed by atoms with Crippen LogP contribution in [0.15, 0.2) is 53.9 Å². The number of hydrogen-bond acceptors (Lipinski definition) is 9. The van der Waals surface area contributed by atoms with Crippen LogP contribution in [0.5, 0.6) is 5.75 Å². The predicted molar refractivity (Wildman–Crippen MR) is 160 cm³/mol. The van der Waals surface area contributed by atoms with E-state index in [0.717, 1.165) is 15.6 Å². The summed E-state index contributed by atoms with van der Waals surface area (Å²) in [6, 6.07) is 13.3. The molecule has 0 bridgehead atoms. The molecule has 0 aliphatic carbocycles. The van der Waals surface area contributed by atoms with Gasteiger partial charge in [-0.05, 0) is 57.0 Å². The summed E-state index contributed by atoms with van der Waals surface area (Å²) in [6.45, 7) is 6.26. The van der Waals surface area contributed by atoms with Crippen LogP contribution in [0.3, 0.4) is 0 Å². The fourth-order valence-electron chi connectivity index (χ4n) is 3.98. The number of benzene rings is 2. The molecule has 0 saturated heterocycles. The van der Waals surface area contributed by atoms with E-state index in [-0.39, 0.29) is 32.1 Å². The maximum absolute atomic E-state index is 14.2. The Labute approximate surface area is 248 Å². The molecule has 2 aromatic heterocycles. The number of fused-ring (bicyclic) bond motifs is 1. The van der Waals surface area contributed by atoms with E-state index in [0.29, 0.717) is 28.3 Å². The summed E-state index contributed by atoms with van der Waals surface area (Å²) in [5, 5.41) is 14.4. The van der Waals surface area contributed by atoms with Crippen molar-refractivity contribution in [3.63, 3.8) is 0 Å². The van der Waals surface area contributed by atoms with Crippen LogP contribution in [0.1, 0.15) is 26.3 Å². The number of aromatic nitrogens is 2. The molecule has 10 nitrogen and oxygen atoms in total. The van der Waals surface area contributed by atoms with E-state index in [1.54, 1.807) is 39.0 Å². The molecule has 0 unspecified atom stereocenters. The van der Waals surface area contributed by atoms with Crippen molar-refractivity contribution in [1.82, 2.24) is 20.2 Å². The molecule has 42 heavy (non-hydrogen) atoms. The minimum atomic E-state index is -3.38. The molecule has 2 aromatic carbocycles. The number of ether oxygens (including phenoxy) is 3. The van der Waals surface area contributed by atoms with E-state index in [1.165, 1.54) is 30.5 Å². The maximum atomic E-state index is 14.2. The van der Waals surface area contributed by atoms with Crippen LogP contribution in [-0.4, -0.2) is 63.7 Å². The van der Waals surface area contributed by atoms with E-state index in [1.807, 2.05) is 23.6 Å². The highest BCUT2D eigenvalue weighted by atomic mass is 32.2. The number of rotatable bonds is 12. The number of carbonyl (C=O) groups is 1. The van der Waals surface area contributed by atoms with Gasteiger partial charge in [0.15, 0.2) is 0 Å². The summed E-state index contributed by atoms with van der Waals surface area (Å²) >= 11 is 1.48. The average Bonchev–Trinajstić information content (AvgIpc) is 3.42. The normalized spacial score (nSPS) is 11.9. The number of carbonyl (C=O) groups excluding carboxylic acids is 1. The molecule has 224 valence electrons. The highest BCUT2D eigenvalue weighted by molar-refractivity contribution is 7.88. The first kappa shape index (κ1) is 31.3. The molecule has 0 atom stereocenters. The lowest BCUT2D eigenvalue weighted by molar-refractivity contribution is 0.0489. The van der Waals surface area contributed by atoms with Gasteiger partial charge in [-0.2, -0.15) is 0 Å². The van der Waals surface area contributed by atoms with Gasteiger partial charge in [0, 0.05) is 29.1 Å². The lowest BCUT2D eigenvalue weighted by Crippen LogP contribution is -2.34. The number of amides is 1. The van der Waals surface area contributed by atoms with Gasteiger partial charge >= 0.3 is 6.09 Å². The molecular weight excluding hydrogens is 583 g/mol. The molecule has 0 spiro atoms. The van der Waals surface area contributed by atoms with Gasteiger partial charge in [0.2, 0.25) is 10.0 Å². The SMILES string of the molecule is CNS(=O)(=O)Cc1ccc(-c2nnc(-c3ccc(F)cc3OCCOCCNC(=O)OC(C)(C)C)c3sccc23)cc1. The topological polar surface area (TPSA) is 129 Å². The number of hydrogen-bond donors (Lipinski definition) is 2. The molecule has 0 fully saturated rings. The Hall–Kier alpha value is -3.65. The van der Waals surface area contributed by atoms with Crippen molar-refractivity contribution < 1.29 is 31.8 Å². The summed E-state index contributed by atoms with van der Waals surface area (Å²) in [6.07, 6.45) is -0.518. The monoisotopic (exact) mass is 616 g/mol. The van der Waals surface area contributed by atoms with Gasteiger partial charge in [0.25, 0.3) is 0 Å². The summed E-state index contributed by atoms with van der Waals surface area (Å²) < 4.78 is 57.7. The van der Waals surface area contributed by atoms with Gasteiger partial charge in [0.05, 0.1) is 23.7 Å². The third-order valence-corrected chi connectivity index (χ3v) is 8.14. The van der Waals surface area contributed by atoms with Gasteiger partial charge in [-0.3, -0.25) is 0 Å². The number of alkyl carbamates (subject to hydrolysis) is 1. The van der Waals surface area contributed by atoms with Crippen LogP contribution in [0.25, 0.3) is 32.6 Å². The second-order valence-electron chi connectivity index (χ2n) is 10.3. The number of halogens is 1. The summed E-state index contributed by atoms with van der Waals surface area (Å²) in [5.41, 5.74) is 2.65. The van der Waals surface area contributed by atoms with Crippen molar-refractivity contribution in [2.45, 2.75) is 32.1 Å². The van der Waals surface area contributed by atoms with Gasteiger partial charge in [-0.1, -0.05) is 24.3 Å². The summed E-state index contributed by atoms with van der Waals surface area (Å²) in [7, 11) is -2.00. The first-order valence-electron chi connectivity index (χ1n) is 13.2. The molecule has 13 heteroatoms. The van der Waals surface area contributed by atoms with Crippen molar-refractivity contribution in [2.24, 2.45) is 0 Å². The highest BCUT2D eigenvalue weighted by Gasteiger charge is 2.19. The Morgan fingerprint density at radius 1 is 1.00 bits per heavy atom. The van der Waals surface area contributed by atoms with Crippen LogP contribution >= 0.6 is 11.3 Å². The highest BCUT2D eigenvalue weighted by Crippen LogP contribution is 2.39. The quantitative estimate of drug-likeness (QED) is 0.210. The van der Waals surface area contributed by atoms with Crippen LogP contribution in [0, 0.1) is 5.82 Å². The van der Waals surface area contributed by atoms with E-state index in [4.69, 9.17) is 14.2 Å². The number of nitrogens with zero attached hydrogens (tertiary/aromatic N) is 2. The molecule has 2 N–H and O–H groups in total. The predicted octanol–water partition coefficient (Wildman–Crippen LogP) is 5.13. The van der Waals surface area contributed by atoms with Gasteiger partial charge < -0.3 is 19.5 Å². The van der Waals surface area contributed by atoms with Gasteiger partial charge in [-0.15, -0.1) is 21.5 Å². The Morgan fingerprint density at radius 3 is 2.45 bits per heavy atom. The van der Waals surface area contributed by atoms with Crippen LogP contribution in [0.2, 0.25) is 0 Å². The average molecular weight is 617 g/mol. The molecule has 0 radical (unpaired) electrons. The minimum absolute atomic E-state index is 0.121. The third kappa shape index (κ3) is 8.44. The number of thiophene rings is 1. The molecule has 0 aliphatic rings. The van der Waals surface area contributed by atoms with E-state index in [2.05, 4.69) is 20.2 Å². The van der Waals surface area contributed by atoms with Crippen molar-refractivity contribution in [1.29, 1.82) is 0 Å². The minimum Gasteiger partial charge on any atom is -0.490 e. The van der Waals surface area contributed by atoms with E-state index in [9.17, 15) is 17.6 Å². The number of nitrogens with one attached hydrogen (secondary N) is 2. The van der Waals surface area contributed by atoms with Crippen LogP contribution in [0.4, 0.5) is 9.18 Å². The summed E-state index contributed by atoms with van der Waals surface area (Å²) in [4.78, 5) is 11.7. The van der Waals surface area contributed by atoms with E-state index >= 15 is 0 Å². The Morgan fingerprint density at radius 2 is 1.74 bits per heavy atom. The zero-order valence-corrected chi connectivity index (χ0v) is 25.4. The molecule has 4 rings (SSSR count). The van der Waals surface area contributed by atoms with E-state index < -0.39 is 27.5 Å². The molecule has 0 aliphatic heterocycles. The molecule has 4 aromatic rings. The number of sulfonamides is 1. The second-order valence-corrected chi connectivity index (χ2v) is 13.1. The lowest BCUT2D eigenvalue weighted by Gasteiger charge is -2.19. The summed E-state index contributed by atoms with van der Waals surface area (Å²) in [5.74, 6) is -0.273. The smallest absolute Gasteiger partial charge is 0.407 e. The van der Waals surface area contributed by atoms with Crippen molar-refractivity contribution in [3.8, 4) is 28.3 Å². The lowest BCUT2D eigenvalue weighted by atomic mass is 10.0. The molecule has 2 heterocycles. The largest absolute Gasteiger partial charge is 0.490 e. The first-order chi connectivity index (χ1) is 20.0. The van der Waals surface area contributed by atoms with Crippen LogP contribution < -0.4 is 14.8 Å². The maximum Gasteiger partial charge on any atom is 0.407 e. The van der Waals surface area contributed by atoms with Crippen molar-refractivity contribution in [3.05, 3.63) is 65.3 Å². The molecular formula is C29H33FN4O6S2. The zero-order valence-electron chi connectivity index (χ0n) is 23.8. The Bertz CT molecular complexity index is 1640. The Kier molecular flexibility index (Phi) is 10.1. The van der Waals surface area contributed by atoms with Gasteiger partial charge in [-0.25, -0.2) is 22.3 Å². The third-order valence-electron chi connectivity index (χ3n) is 5.88. The van der Waals surface area contributed by atoms with Gasteiger partial charge in [0.1, 0.15) is 35.2 Å². The standard InChI is InChI=1S/C29H33FN4O6S2/c1-29(2,3)40-28(35)32-12-13-38-14-15-39-24-17-21(30)9-10-22(24)26-27-23(11-16-41-27)25(33-34-26)20-7-5-19(6-8-20)18-42(36,37)31-4/h5-11,16-17,31H,12-15,18H2,1-4H3,(H,32,35). The fourth-order valence-corrected chi connectivity index (χ4v) is 5.65. The fraction of sp³-hybridized carbons (Fsp3) is 0.345. The van der Waals surface area contributed by atoms with Crippen LogP contribution in [-0.2, 0) is 25.2 Å². The molecule has 0 saturated carbocycles.